The largest absolute Gasteiger partial charge is 0.431 e. The van der Waals surface area contributed by atoms with Crippen LogP contribution in [0, 0.1) is 0 Å². The van der Waals surface area contributed by atoms with E-state index in [-0.39, 0.29) is 6.61 Å². The van der Waals surface area contributed by atoms with Crippen molar-refractivity contribution in [1.82, 2.24) is 4.98 Å². The van der Waals surface area contributed by atoms with Gasteiger partial charge in [0.05, 0.1) is 6.61 Å². The van der Waals surface area contributed by atoms with Crippen molar-refractivity contribution in [3.8, 4) is 0 Å². The molecule has 2 rings (SSSR count). The average molecular weight is 218 g/mol. The first-order valence-corrected chi connectivity index (χ1v) is 5.23. The third-order valence-electron chi connectivity index (χ3n) is 2.32. The van der Waals surface area contributed by atoms with E-state index in [1.165, 1.54) is 6.26 Å². The van der Waals surface area contributed by atoms with Crippen molar-refractivity contribution in [2.24, 2.45) is 0 Å². The summed E-state index contributed by atoms with van der Waals surface area (Å²) >= 11 is 0. The van der Waals surface area contributed by atoms with Crippen molar-refractivity contribution in [3.05, 3.63) is 42.3 Å². The zero-order valence-electron chi connectivity index (χ0n) is 9.13. The molecule has 2 aromatic rings. The first-order chi connectivity index (χ1) is 7.85. The third-order valence-corrected chi connectivity index (χ3v) is 2.32. The van der Waals surface area contributed by atoms with E-state index in [4.69, 9.17) is 9.52 Å². The number of aliphatic hydroxyl groups is 1. The second-order valence-corrected chi connectivity index (χ2v) is 3.36. The smallest absolute Gasteiger partial charge is 0.302 e. The predicted molar refractivity (Wildman–Crippen MR) is 61.5 cm³/mol. The van der Waals surface area contributed by atoms with Crippen LogP contribution >= 0.6 is 0 Å². The van der Waals surface area contributed by atoms with Gasteiger partial charge in [0.25, 0.3) is 0 Å². The number of oxazole rings is 1. The molecule has 0 bridgehead atoms. The van der Waals surface area contributed by atoms with Crippen LogP contribution in [0.25, 0.3) is 0 Å². The summed E-state index contributed by atoms with van der Waals surface area (Å²) < 4.78 is 5.32. The minimum Gasteiger partial charge on any atom is -0.431 e. The lowest BCUT2D eigenvalue weighted by molar-refractivity contribution is 0.276. The Labute approximate surface area is 94.2 Å². The summed E-state index contributed by atoms with van der Waals surface area (Å²) in [4.78, 5) is 6.13. The van der Waals surface area contributed by atoms with Gasteiger partial charge in [-0.05, 0) is 19.1 Å². The van der Waals surface area contributed by atoms with Crippen molar-refractivity contribution < 1.29 is 9.52 Å². The molecule has 0 unspecified atom stereocenters. The highest BCUT2D eigenvalue weighted by Crippen LogP contribution is 2.23. The average Bonchev–Trinajstić information content (AvgIpc) is 2.80. The summed E-state index contributed by atoms with van der Waals surface area (Å²) in [6.45, 7) is 2.68. The van der Waals surface area contributed by atoms with Crippen LogP contribution in [0.5, 0.6) is 0 Å². The van der Waals surface area contributed by atoms with Crippen molar-refractivity contribution in [2.75, 3.05) is 11.4 Å². The molecular formula is C12H14N2O2. The van der Waals surface area contributed by atoms with Crippen LogP contribution in [0.3, 0.4) is 0 Å². The zero-order chi connectivity index (χ0) is 11.4. The van der Waals surface area contributed by atoms with Crippen molar-refractivity contribution >= 4 is 11.7 Å². The Morgan fingerprint density at radius 1 is 1.31 bits per heavy atom. The van der Waals surface area contributed by atoms with Gasteiger partial charge in [-0.1, -0.05) is 18.2 Å². The van der Waals surface area contributed by atoms with E-state index in [2.05, 4.69) is 4.98 Å². The lowest BCUT2D eigenvalue weighted by Gasteiger charge is -2.18. The first kappa shape index (κ1) is 10.7. The molecule has 0 saturated carbocycles. The van der Waals surface area contributed by atoms with Crippen LogP contribution in [-0.4, -0.2) is 16.6 Å². The Hall–Kier alpha value is -1.81. The number of aromatic nitrogens is 1. The van der Waals surface area contributed by atoms with Crippen molar-refractivity contribution in [3.63, 3.8) is 0 Å². The highest BCUT2D eigenvalue weighted by atomic mass is 16.4. The Morgan fingerprint density at radius 2 is 2.06 bits per heavy atom. The van der Waals surface area contributed by atoms with Crippen molar-refractivity contribution in [2.45, 2.75) is 13.5 Å². The SMILES string of the molecule is CCN(c1ccccc1)c1nc(CO)co1. The lowest BCUT2D eigenvalue weighted by Crippen LogP contribution is -2.16. The second-order valence-electron chi connectivity index (χ2n) is 3.36. The molecule has 0 atom stereocenters. The zero-order valence-corrected chi connectivity index (χ0v) is 9.13. The Balaban J connectivity index is 2.29. The van der Waals surface area contributed by atoms with Gasteiger partial charge in [-0.25, -0.2) is 0 Å². The number of nitrogens with zero attached hydrogens (tertiary/aromatic N) is 2. The predicted octanol–water partition coefficient (Wildman–Crippen LogP) is 2.32. The molecule has 1 N–H and O–H groups in total. The maximum absolute atomic E-state index is 8.93. The third kappa shape index (κ3) is 2.06. The summed E-state index contributed by atoms with van der Waals surface area (Å²) in [5, 5.41) is 8.93. The maximum Gasteiger partial charge on any atom is 0.302 e. The molecule has 0 saturated heterocycles. The number of hydrogen-bond acceptors (Lipinski definition) is 4. The summed E-state index contributed by atoms with van der Waals surface area (Å²) in [6, 6.07) is 10.4. The molecule has 1 aromatic carbocycles. The topological polar surface area (TPSA) is 49.5 Å². The Kier molecular flexibility index (Phi) is 3.22. The molecule has 0 aliphatic carbocycles. The van der Waals surface area contributed by atoms with Gasteiger partial charge in [0.1, 0.15) is 12.0 Å². The van der Waals surface area contributed by atoms with E-state index in [1.54, 1.807) is 0 Å². The number of para-hydroxylation sites is 1. The van der Waals surface area contributed by atoms with Crippen molar-refractivity contribution in [1.29, 1.82) is 0 Å². The van der Waals surface area contributed by atoms with Gasteiger partial charge in [-0.3, -0.25) is 4.90 Å². The van der Waals surface area contributed by atoms with Crippen LogP contribution < -0.4 is 4.90 Å². The number of rotatable bonds is 4. The van der Waals surface area contributed by atoms with E-state index in [0.29, 0.717) is 11.7 Å². The molecule has 0 radical (unpaired) electrons. The fourth-order valence-corrected chi connectivity index (χ4v) is 1.53. The summed E-state index contributed by atoms with van der Waals surface area (Å²) in [7, 11) is 0. The van der Waals surface area contributed by atoms with Gasteiger partial charge in [0.2, 0.25) is 0 Å². The highest BCUT2D eigenvalue weighted by molar-refractivity contribution is 5.55. The fraction of sp³-hybridized carbons (Fsp3) is 0.250. The van der Waals surface area contributed by atoms with Crippen LogP contribution in [0.2, 0.25) is 0 Å². The fourth-order valence-electron chi connectivity index (χ4n) is 1.53. The second kappa shape index (κ2) is 4.81. The molecule has 0 fully saturated rings. The molecule has 0 aliphatic rings. The van der Waals surface area contributed by atoms with Crippen LogP contribution in [0.15, 0.2) is 41.0 Å². The van der Waals surface area contributed by atoms with Gasteiger partial charge < -0.3 is 9.52 Å². The Bertz CT molecular complexity index is 439. The minimum atomic E-state index is -0.101. The summed E-state index contributed by atoms with van der Waals surface area (Å²) in [5.74, 6) is 0. The van der Waals surface area contributed by atoms with Crippen LogP contribution in [0.4, 0.5) is 11.7 Å². The molecule has 1 heterocycles. The highest BCUT2D eigenvalue weighted by Gasteiger charge is 2.12. The van der Waals surface area contributed by atoms with Gasteiger partial charge >= 0.3 is 6.01 Å². The molecule has 0 spiro atoms. The Morgan fingerprint density at radius 3 is 2.62 bits per heavy atom. The number of benzene rings is 1. The van der Waals surface area contributed by atoms with Gasteiger partial charge in [0, 0.05) is 12.2 Å². The monoisotopic (exact) mass is 218 g/mol. The summed E-state index contributed by atoms with van der Waals surface area (Å²) in [5.41, 5.74) is 1.57. The van der Waals surface area contributed by atoms with Gasteiger partial charge in [-0.2, -0.15) is 4.98 Å². The quantitative estimate of drug-likeness (QED) is 0.855. The van der Waals surface area contributed by atoms with E-state index in [1.807, 2.05) is 42.2 Å². The number of aliphatic hydroxyl groups excluding tert-OH is 1. The molecule has 0 aliphatic heterocycles. The number of hydrogen-bond donors (Lipinski definition) is 1. The molecule has 16 heavy (non-hydrogen) atoms. The first-order valence-electron chi connectivity index (χ1n) is 5.23. The van der Waals surface area contributed by atoms with Crippen LogP contribution in [0.1, 0.15) is 12.6 Å². The molecule has 4 nitrogen and oxygen atoms in total. The van der Waals surface area contributed by atoms with E-state index in [9.17, 15) is 0 Å². The molecule has 1 aromatic heterocycles. The maximum atomic E-state index is 8.93. The van der Waals surface area contributed by atoms with Gasteiger partial charge in [-0.15, -0.1) is 0 Å². The standard InChI is InChI=1S/C12H14N2O2/c1-2-14(11-6-4-3-5-7-11)12-13-10(8-15)9-16-12/h3-7,9,15H,2,8H2,1H3. The van der Waals surface area contributed by atoms with E-state index >= 15 is 0 Å². The molecule has 4 heteroatoms. The van der Waals surface area contributed by atoms with E-state index < -0.39 is 0 Å². The molecular weight excluding hydrogens is 204 g/mol. The minimum absolute atomic E-state index is 0.101. The molecule has 0 amide bonds. The van der Waals surface area contributed by atoms with Gasteiger partial charge in [0.15, 0.2) is 0 Å². The van der Waals surface area contributed by atoms with Crippen LogP contribution in [-0.2, 0) is 6.61 Å². The van der Waals surface area contributed by atoms with E-state index in [0.717, 1.165) is 12.2 Å². The molecule has 84 valence electrons. The lowest BCUT2D eigenvalue weighted by atomic mass is 10.3. The summed E-state index contributed by atoms with van der Waals surface area (Å²) in [6.07, 6.45) is 1.47. The number of anilines is 2. The normalized spacial score (nSPS) is 10.4.